The molecule has 1 fully saturated rings. The average Bonchev–Trinajstić information content (AvgIpc) is 2.47. The lowest BCUT2D eigenvalue weighted by Crippen LogP contribution is -2.45. The molecule has 0 atom stereocenters. The van der Waals surface area contributed by atoms with Crippen LogP contribution in [0.15, 0.2) is 0 Å². The highest BCUT2D eigenvalue weighted by atomic mass is 16.3. The van der Waals surface area contributed by atoms with E-state index in [1.807, 2.05) is 11.6 Å². The Labute approximate surface area is 96.7 Å². The minimum Gasteiger partial charge on any atom is -0.388 e. The fourth-order valence-electron chi connectivity index (χ4n) is 2.27. The van der Waals surface area contributed by atoms with E-state index in [0.29, 0.717) is 6.54 Å². The van der Waals surface area contributed by atoms with Crippen LogP contribution in [0.4, 0.5) is 0 Å². The first-order chi connectivity index (χ1) is 7.52. The summed E-state index contributed by atoms with van der Waals surface area (Å²) in [5, 5.41) is 18.2. The minimum absolute atomic E-state index is 0.582. The first-order valence-corrected chi connectivity index (χ1v) is 5.95. The van der Waals surface area contributed by atoms with Gasteiger partial charge in [0.05, 0.1) is 17.8 Å². The number of piperidine rings is 1. The summed E-state index contributed by atoms with van der Waals surface area (Å²) in [7, 11) is 0. The van der Waals surface area contributed by atoms with Crippen molar-refractivity contribution in [1.82, 2.24) is 15.1 Å². The molecule has 0 saturated carbocycles. The van der Waals surface area contributed by atoms with E-state index in [1.165, 1.54) is 11.3 Å². The number of nitrogens with one attached hydrogen (secondary N) is 1. The second-order valence-electron chi connectivity index (χ2n) is 4.93. The maximum absolute atomic E-state index is 10.4. The van der Waals surface area contributed by atoms with Crippen molar-refractivity contribution >= 4 is 0 Å². The Morgan fingerprint density at radius 2 is 1.94 bits per heavy atom. The van der Waals surface area contributed by atoms with Gasteiger partial charge < -0.3 is 10.4 Å². The fourth-order valence-corrected chi connectivity index (χ4v) is 2.27. The number of rotatable bonds is 2. The number of aryl methyl sites for hydroxylation is 1. The summed E-state index contributed by atoms with van der Waals surface area (Å²) in [6, 6.07) is 0. The van der Waals surface area contributed by atoms with Gasteiger partial charge in [0, 0.05) is 5.69 Å². The number of hydrogen-bond acceptors (Lipinski definition) is 3. The quantitative estimate of drug-likeness (QED) is 0.784. The molecular formula is C12H21N3O. The van der Waals surface area contributed by atoms with Gasteiger partial charge >= 0.3 is 0 Å². The number of hydrogen-bond donors (Lipinski definition) is 2. The lowest BCUT2D eigenvalue weighted by atomic mass is 9.92. The van der Waals surface area contributed by atoms with Crippen LogP contribution in [0.1, 0.15) is 29.8 Å². The molecule has 0 bridgehead atoms. The van der Waals surface area contributed by atoms with Crippen molar-refractivity contribution in [3.63, 3.8) is 0 Å². The molecular weight excluding hydrogens is 202 g/mol. The predicted molar refractivity (Wildman–Crippen MR) is 63.5 cm³/mol. The molecule has 0 spiro atoms. The highest BCUT2D eigenvalue weighted by Gasteiger charge is 2.30. The van der Waals surface area contributed by atoms with Crippen LogP contribution in [-0.2, 0) is 6.54 Å². The molecule has 1 aliphatic heterocycles. The molecule has 2 rings (SSSR count). The van der Waals surface area contributed by atoms with Gasteiger partial charge in [0.1, 0.15) is 0 Å². The Morgan fingerprint density at radius 1 is 1.31 bits per heavy atom. The zero-order valence-corrected chi connectivity index (χ0v) is 10.4. The summed E-state index contributed by atoms with van der Waals surface area (Å²) < 4.78 is 1.95. The average molecular weight is 223 g/mol. The predicted octanol–water partition coefficient (Wildman–Crippen LogP) is 0.923. The molecule has 1 aromatic rings. The molecule has 16 heavy (non-hydrogen) atoms. The van der Waals surface area contributed by atoms with Crippen molar-refractivity contribution in [2.45, 2.75) is 45.8 Å². The van der Waals surface area contributed by atoms with Gasteiger partial charge in [-0.2, -0.15) is 5.10 Å². The molecule has 0 radical (unpaired) electrons. The largest absolute Gasteiger partial charge is 0.388 e. The van der Waals surface area contributed by atoms with Gasteiger partial charge in [-0.3, -0.25) is 4.68 Å². The Bertz CT molecular complexity index is 378. The molecule has 1 saturated heterocycles. The molecule has 90 valence electrons. The first-order valence-electron chi connectivity index (χ1n) is 5.95. The molecule has 0 amide bonds. The van der Waals surface area contributed by atoms with Crippen LogP contribution in [0.5, 0.6) is 0 Å². The smallest absolute Gasteiger partial charge is 0.0867 e. The van der Waals surface area contributed by atoms with Gasteiger partial charge in [-0.15, -0.1) is 0 Å². The third-order valence-corrected chi connectivity index (χ3v) is 3.72. The van der Waals surface area contributed by atoms with Gasteiger partial charge in [-0.05, 0) is 52.3 Å². The fraction of sp³-hybridized carbons (Fsp3) is 0.750. The first kappa shape index (κ1) is 11.6. The summed E-state index contributed by atoms with van der Waals surface area (Å²) in [5.74, 6) is 0. The van der Waals surface area contributed by atoms with E-state index >= 15 is 0 Å². The Hall–Kier alpha value is -0.870. The zero-order chi connectivity index (χ0) is 11.8. The van der Waals surface area contributed by atoms with Crippen molar-refractivity contribution in [3.8, 4) is 0 Å². The van der Waals surface area contributed by atoms with Gasteiger partial charge in [-0.1, -0.05) is 0 Å². The molecule has 1 aromatic heterocycles. The normalized spacial score (nSPS) is 20.0. The third-order valence-electron chi connectivity index (χ3n) is 3.72. The van der Waals surface area contributed by atoms with Gasteiger partial charge in [0.15, 0.2) is 0 Å². The summed E-state index contributed by atoms with van der Waals surface area (Å²) in [4.78, 5) is 0. The van der Waals surface area contributed by atoms with Gasteiger partial charge in [0.25, 0.3) is 0 Å². The van der Waals surface area contributed by atoms with E-state index in [9.17, 15) is 5.11 Å². The lowest BCUT2D eigenvalue weighted by molar-refractivity contribution is -0.00877. The molecule has 4 nitrogen and oxygen atoms in total. The van der Waals surface area contributed by atoms with Crippen molar-refractivity contribution in [2.24, 2.45) is 0 Å². The third kappa shape index (κ3) is 2.13. The van der Waals surface area contributed by atoms with E-state index in [2.05, 4.69) is 24.3 Å². The van der Waals surface area contributed by atoms with Crippen molar-refractivity contribution < 1.29 is 5.11 Å². The zero-order valence-electron chi connectivity index (χ0n) is 10.4. The van der Waals surface area contributed by atoms with E-state index in [4.69, 9.17) is 0 Å². The summed E-state index contributed by atoms with van der Waals surface area (Å²) in [6.07, 6.45) is 1.62. The molecule has 2 heterocycles. The number of aromatic nitrogens is 2. The number of nitrogens with zero attached hydrogens (tertiary/aromatic N) is 2. The van der Waals surface area contributed by atoms with Crippen LogP contribution < -0.4 is 5.32 Å². The van der Waals surface area contributed by atoms with Crippen LogP contribution in [0, 0.1) is 20.8 Å². The van der Waals surface area contributed by atoms with E-state index in [1.54, 1.807) is 0 Å². The van der Waals surface area contributed by atoms with Crippen LogP contribution in [0.25, 0.3) is 0 Å². The summed E-state index contributed by atoms with van der Waals surface area (Å²) in [6.45, 7) is 8.59. The molecule has 2 N–H and O–H groups in total. The highest BCUT2D eigenvalue weighted by Crippen LogP contribution is 2.22. The standard InChI is InChI=1S/C12H21N3O/c1-9-10(2)14-15(11(9)3)8-12(16)4-6-13-7-5-12/h13,16H,4-8H2,1-3H3. The van der Waals surface area contributed by atoms with E-state index < -0.39 is 5.60 Å². The maximum Gasteiger partial charge on any atom is 0.0867 e. The topological polar surface area (TPSA) is 50.1 Å². The van der Waals surface area contributed by atoms with Gasteiger partial charge in [0.2, 0.25) is 0 Å². The Morgan fingerprint density at radius 3 is 2.44 bits per heavy atom. The maximum atomic E-state index is 10.4. The number of aliphatic hydroxyl groups is 1. The molecule has 0 unspecified atom stereocenters. The monoisotopic (exact) mass is 223 g/mol. The minimum atomic E-state index is -0.582. The van der Waals surface area contributed by atoms with Gasteiger partial charge in [-0.25, -0.2) is 0 Å². The Balaban J connectivity index is 2.16. The van der Waals surface area contributed by atoms with Crippen molar-refractivity contribution in [3.05, 3.63) is 17.0 Å². The second-order valence-corrected chi connectivity index (χ2v) is 4.93. The lowest BCUT2D eigenvalue weighted by Gasteiger charge is -2.32. The van der Waals surface area contributed by atoms with E-state index in [0.717, 1.165) is 31.6 Å². The molecule has 0 aromatic carbocycles. The van der Waals surface area contributed by atoms with Crippen LogP contribution in [0.3, 0.4) is 0 Å². The van der Waals surface area contributed by atoms with Crippen molar-refractivity contribution in [2.75, 3.05) is 13.1 Å². The molecule has 4 heteroatoms. The van der Waals surface area contributed by atoms with Crippen LogP contribution >= 0.6 is 0 Å². The van der Waals surface area contributed by atoms with E-state index in [-0.39, 0.29) is 0 Å². The van der Waals surface area contributed by atoms with Crippen LogP contribution in [-0.4, -0.2) is 33.6 Å². The van der Waals surface area contributed by atoms with Crippen molar-refractivity contribution in [1.29, 1.82) is 0 Å². The molecule has 1 aliphatic rings. The van der Waals surface area contributed by atoms with Crippen LogP contribution in [0.2, 0.25) is 0 Å². The Kier molecular flexibility index (Phi) is 3.04. The second kappa shape index (κ2) is 4.18. The summed E-state index contributed by atoms with van der Waals surface area (Å²) in [5.41, 5.74) is 2.89. The summed E-state index contributed by atoms with van der Waals surface area (Å²) >= 11 is 0. The SMILES string of the molecule is Cc1nn(CC2(O)CCNCC2)c(C)c1C. The molecule has 0 aliphatic carbocycles. The highest BCUT2D eigenvalue weighted by molar-refractivity contribution is 5.22.